The predicted octanol–water partition coefficient (Wildman–Crippen LogP) is 3.87. The summed E-state index contributed by atoms with van der Waals surface area (Å²) in [4.78, 5) is 16.3. The van der Waals surface area contributed by atoms with Crippen LogP contribution in [0.15, 0.2) is 48.5 Å². The molecule has 1 aliphatic heterocycles. The number of anilines is 1. The number of urea groups is 1. The van der Waals surface area contributed by atoms with Crippen molar-refractivity contribution in [3.8, 4) is 0 Å². The largest absolute Gasteiger partial charge is 0.322 e. The van der Waals surface area contributed by atoms with Gasteiger partial charge in [0.1, 0.15) is 5.82 Å². The molecular formula is C19H21ClFN3O. The van der Waals surface area contributed by atoms with Crippen LogP contribution in [0.2, 0.25) is 5.02 Å². The molecule has 0 aliphatic carbocycles. The zero-order valence-corrected chi connectivity index (χ0v) is 14.7. The van der Waals surface area contributed by atoms with Crippen molar-refractivity contribution >= 4 is 23.3 Å². The Morgan fingerprint density at radius 2 is 1.84 bits per heavy atom. The Hall–Kier alpha value is -2.11. The van der Waals surface area contributed by atoms with Crippen molar-refractivity contribution in [2.24, 2.45) is 0 Å². The van der Waals surface area contributed by atoms with E-state index in [0.29, 0.717) is 13.1 Å². The normalized spacial score (nSPS) is 15.2. The molecule has 25 heavy (non-hydrogen) atoms. The Morgan fingerprint density at radius 3 is 2.56 bits per heavy atom. The minimum atomic E-state index is -0.420. The van der Waals surface area contributed by atoms with Crippen LogP contribution < -0.4 is 5.32 Å². The molecule has 1 N–H and O–H groups in total. The number of para-hydroxylation sites is 1. The number of halogens is 2. The number of rotatable bonds is 4. The van der Waals surface area contributed by atoms with Gasteiger partial charge < -0.3 is 10.2 Å². The van der Waals surface area contributed by atoms with Crippen molar-refractivity contribution in [2.75, 3.05) is 38.0 Å². The maximum Gasteiger partial charge on any atom is 0.322 e. The quantitative estimate of drug-likeness (QED) is 0.897. The van der Waals surface area contributed by atoms with Gasteiger partial charge in [-0.05, 0) is 36.2 Å². The average molecular weight is 362 g/mol. The summed E-state index contributed by atoms with van der Waals surface area (Å²) in [6.07, 6.45) is 0.933. The van der Waals surface area contributed by atoms with Gasteiger partial charge in [-0.3, -0.25) is 4.90 Å². The number of amides is 2. The van der Waals surface area contributed by atoms with E-state index < -0.39 is 5.82 Å². The minimum Gasteiger partial charge on any atom is -0.322 e. The lowest BCUT2D eigenvalue weighted by Gasteiger charge is -2.34. The fraction of sp³-hybridized carbons (Fsp3) is 0.316. The number of carbonyl (C=O) groups excluding carboxylic acids is 1. The van der Waals surface area contributed by atoms with Crippen LogP contribution in [0, 0.1) is 5.82 Å². The van der Waals surface area contributed by atoms with Crippen LogP contribution in [0.5, 0.6) is 0 Å². The molecule has 1 saturated heterocycles. The van der Waals surface area contributed by atoms with Crippen molar-refractivity contribution in [1.29, 1.82) is 0 Å². The Bertz CT molecular complexity index is 732. The number of hydrogen-bond donors (Lipinski definition) is 1. The third-order valence-electron chi connectivity index (χ3n) is 4.38. The van der Waals surface area contributed by atoms with E-state index in [4.69, 9.17) is 11.6 Å². The second-order valence-corrected chi connectivity index (χ2v) is 6.56. The van der Waals surface area contributed by atoms with Gasteiger partial charge in [0.25, 0.3) is 0 Å². The molecule has 1 heterocycles. The molecule has 0 spiro atoms. The van der Waals surface area contributed by atoms with Crippen LogP contribution in [0.4, 0.5) is 14.9 Å². The zero-order valence-electron chi connectivity index (χ0n) is 13.9. The summed E-state index contributed by atoms with van der Waals surface area (Å²) in [6, 6.07) is 13.8. The van der Waals surface area contributed by atoms with Crippen LogP contribution in [0.1, 0.15) is 5.56 Å². The molecule has 3 rings (SSSR count). The molecule has 0 aromatic heterocycles. The highest BCUT2D eigenvalue weighted by molar-refractivity contribution is 6.30. The lowest BCUT2D eigenvalue weighted by molar-refractivity contribution is 0.148. The fourth-order valence-corrected chi connectivity index (χ4v) is 3.12. The number of benzene rings is 2. The first-order valence-electron chi connectivity index (χ1n) is 8.39. The smallest absolute Gasteiger partial charge is 0.322 e. The number of hydrogen-bond acceptors (Lipinski definition) is 2. The number of carbonyl (C=O) groups is 1. The summed E-state index contributed by atoms with van der Waals surface area (Å²) >= 11 is 6.01. The Balaban J connectivity index is 1.45. The summed E-state index contributed by atoms with van der Waals surface area (Å²) in [5, 5.41) is 3.39. The number of piperazine rings is 1. The van der Waals surface area contributed by atoms with Crippen LogP contribution in [-0.4, -0.2) is 48.6 Å². The zero-order chi connectivity index (χ0) is 17.6. The second kappa shape index (κ2) is 8.32. The molecule has 0 bridgehead atoms. The molecule has 0 atom stereocenters. The molecule has 0 radical (unpaired) electrons. The van der Waals surface area contributed by atoms with E-state index in [2.05, 4.69) is 16.3 Å². The van der Waals surface area contributed by atoms with E-state index in [1.54, 1.807) is 23.1 Å². The van der Waals surface area contributed by atoms with Crippen molar-refractivity contribution in [3.05, 3.63) is 64.9 Å². The highest BCUT2D eigenvalue weighted by atomic mass is 35.5. The Kier molecular flexibility index (Phi) is 5.89. The van der Waals surface area contributed by atoms with E-state index in [9.17, 15) is 9.18 Å². The molecule has 4 nitrogen and oxygen atoms in total. The lowest BCUT2D eigenvalue weighted by Crippen LogP contribution is -2.50. The first-order valence-corrected chi connectivity index (χ1v) is 8.77. The Labute approximate surface area is 152 Å². The van der Waals surface area contributed by atoms with Gasteiger partial charge in [0.05, 0.1) is 5.69 Å². The van der Waals surface area contributed by atoms with Gasteiger partial charge in [-0.15, -0.1) is 0 Å². The number of nitrogens with one attached hydrogen (secondary N) is 1. The highest BCUT2D eigenvalue weighted by Gasteiger charge is 2.21. The molecule has 1 fully saturated rings. The topological polar surface area (TPSA) is 35.6 Å². The molecule has 0 unspecified atom stereocenters. The third-order valence-corrected chi connectivity index (χ3v) is 4.62. The fourth-order valence-electron chi connectivity index (χ4n) is 2.91. The number of nitrogens with zero attached hydrogens (tertiary/aromatic N) is 2. The molecule has 2 aromatic carbocycles. The van der Waals surface area contributed by atoms with Crippen molar-refractivity contribution in [2.45, 2.75) is 6.42 Å². The monoisotopic (exact) mass is 361 g/mol. The van der Waals surface area contributed by atoms with Gasteiger partial charge in [0.2, 0.25) is 0 Å². The van der Waals surface area contributed by atoms with Gasteiger partial charge in [-0.1, -0.05) is 35.9 Å². The van der Waals surface area contributed by atoms with Crippen molar-refractivity contribution in [1.82, 2.24) is 9.80 Å². The van der Waals surface area contributed by atoms with Crippen LogP contribution in [-0.2, 0) is 6.42 Å². The van der Waals surface area contributed by atoms with Crippen LogP contribution in [0.3, 0.4) is 0 Å². The van der Waals surface area contributed by atoms with E-state index in [0.717, 1.165) is 31.1 Å². The molecular weight excluding hydrogens is 341 g/mol. The summed E-state index contributed by atoms with van der Waals surface area (Å²) in [5.74, 6) is -0.420. The standard InChI is InChI=1S/C19H21ClFN3O/c20-16-5-3-4-15(14-16)8-9-23-10-12-24(13-11-23)19(25)22-18-7-2-1-6-17(18)21/h1-7,14H,8-13H2,(H,22,25). The summed E-state index contributed by atoms with van der Waals surface area (Å²) < 4.78 is 13.6. The molecule has 0 saturated carbocycles. The SMILES string of the molecule is O=C(Nc1ccccc1F)N1CCN(CCc2cccc(Cl)c2)CC1. The summed E-state index contributed by atoms with van der Waals surface area (Å²) in [5.41, 5.74) is 1.43. The van der Waals surface area contributed by atoms with E-state index in [-0.39, 0.29) is 11.7 Å². The van der Waals surface area contributed by atoms with E-state index >= 15 is 0 Å². The minimum absolute atomic E-state index is 0.218. The van der Waals surface area contributed by atoms with Gasteiger partial charge >= 0.3 is 6.03 Å². The van der Waals surface area contributed by atoms with Gasteiger partial charge in [-0.25, -0.2) is 9.18 Å². The predicted molar refractivity (Wildman–Crippen MR) is 98.6 cm³/mol. The first-order chi connectivity index (χ1) is 12.1. The maximum absolute atomic E-state index is 13.6. The maximum atomic E-state index is 13.6. The average Bonchev–Trinajstić information content (AvgIpc) is 2.62. The summed E-state index contributed by atoms with van der Waals surface area (Å²) in [6.45, 7) is 3.82. The van der Waals surface area contributed by atoms with Gasteiger partial charge in [0, 0.05) is 37.7 Å². The van der Waals surface area contributed by atoms with Crippen molar-refractivity contribution in [3.63, 3.8) is 0 Å². The first kappa shape index (κ1) is 17.7. The second-order valence-electron chi connectivity index (χ2n) is 6.12. The lowest BCUT2D eigenvalue weighted by atomic mass is 10.1. The van der Waals surface area contributed by atoms with Crippen LogP contribution >= 0.6 is 11.6 Å². The summed E-state index contributed by atoms with van der Waals surface area (Å²) in [7, 11) is 0. The molecule has 1 aliphatic rings. The molecule has 6 heteroatoms. The third kappa shape index (κ3) is 4.94. The van der Waals surface area contributed by atoms with Gasteiger partial charge in [-0.2, -0.15) is 0 Å². The van der Waals surface area contributed by atoms with E-state index in [1.807, 2.05) is 18.2 Å². The van der Waals surface area contributed by atoms with Crippen LogP contribution in [0.25, 0.3) is 0 Å². The highest BCUT2D eigenvalue weighted by Crippen LogP contribution is 2.15. The van der Waals surface area contributed by atoms with Crippen molar-refractivity contribution < 1.29 is 9.18 Å². The molecule has 2 amide bonds. The molecule has 2 aromatic rings. The Morgan fingerprint density at radius 1 is 1.08 bits per heavy atom. The van der Waals surface area contributed by atoms with E-state index in [1.165, 1.54) is 11.6 Å². The molecule has 132 valence electrons. The van der Waals surface area contributed by atoms with Gasteiger partial charge in [0.15, 0.2) is 0 Å².